The summed E-state index contributed by atoms with van der Waals surface area (Å²) >= 11 is 0. The molecule has 2 aromatic carbocycles. The first-order chi connectivity index (χ1) is 11.0. The zero-order valence-corrected chi connectivity index (χ0v) is 12.3. The van der Waals surface area contributed by atoms with Crippen molar-refractivity contribution < 1.29 is 19.1 Å². The molecule has 0 unspecified atom stereocenters. The molecule has 0 fully saturated rings. The summed E-state index contributed by atoms with van der Waals surface area (Å²) in [6.07, 6.45) is 0. The third-order valence-corrected chi connectivity index (χ3v) is 2.99. The number of nitrogens with one attached hydrogen (secondary N) is 2. The SMILES string of the molecule is COC(=O)c1ccc(NC(=O)Nc2ccc(C(N)=O)cc2)cc1. The molecular weight excluding hydrogens is 298 g/mol. The van der Waals surface area contributed by atoms with Gasteiger partial charge in [0, 0.05) is 16.9 Å². The zero-order chi connectivity index (χ0) is 16.8. The van der Waals surface area contributed by atoms with Crippen LogP contribution in [0.3, 0.4) is 0 Å². The highest BCUT2D eigenvalue weighted by Crippen LogP contribution is 2.13. The molecule has 2 aromatic rings. The number of urea groups is 1. The lowest BCUT2D eigenvalue weighted by Crippen LogP contribution is -2.19. The summed E-state index contributed by atoms with van der Waals surface area (Å²) in [7, 11) is 1.30. The number of hydrogen-bond acceptors (Lipinski definition) is 4. The first-order valence-electron chi connectivity index (χ1n) is 6.66. The van der Waals surface area contributed by atoms with Crippen molar-refractivity contribution in [3.63, 3.8) is 0 Å². The number of methoxy groups -OCH3 is 1. The zero-order valence-electron chi connectivity index (χ0n) is 12.3. The Labute approximate surface area is 132 Å². The van der Waals surface area contributed by atoms with E-state index in [0.717, 1.165) is 0 Å². The molecule has 0 atom stereocenters. The molecule has 0 spiro atoms. The molecular formula is C16H15N3O4. The van der Waals surface area contributed by atoms with Gasteiger partial charge in [0.2, 0.25) is 5.91 Å². The molecule has 7 nitrogen and oxygen atoms in total. The van der Waals surface area contributed by atoms with Crippen molar-refractivity contribution in [3.8, 4) is 0 Å². The molecule has 0 saturated heterocycles. The lowest BCUT2D eigenvalue weighted by atomic mass is 10.2. The third kappa shape index (κ3) is 4.31. The Kier molecular flexibility index (Phi) is 4.93. The van der Waals surface area contributed by atoms with Gasteiger partial charge in [-0.2, -0.15) is 0 Å². The minimum absolute atomic E-state index is 0.356. The van der Waals surface area contributed by atoms with Gasteiger partial charge in [-0.05, 0) is 48.5 Å². The van der Waals surface area contributed by atoms with E-state index in [9.17, 15) is 14.4 Å². The topological polar surface area (TPSA) is 111 Å². The molecule has 23 heavy (non-hydrogen) atoms. The number of carbonyl (C=O) groups excluding carboxylic acids is 3. The number of primary amides is 1. The Bertz CT molecular complexity index is 724. The van der Waals surface area contributed by atoms with Crippen LogP contribution in [0.5, 0.6) is 0 Å². The van der Waals surface area contributed by atoms with Crippen LogP contribution in [0.15, 0.2) is 48.5 Å². The second-order valence-corrected chi connectivity index (χ2v) is 4.59. The van der Waals surface area contributed by atoms with Crippen LogP contribution in [0, 0.1) is 0 Å². The van der Waals surface area contributed by atoms with Gasteiger partial charge in [-0.1, -0.05) is 0 Å². The lowest BCUT2D eigenvalue weighted by Gasteiger charge is -2.08. The van der Waals surface area contributed by atoms with Crippen LogP contribution in [0.2, 0.25) is 0 Å². The second-order valence-electron chi connectivity index (χ2n) is 4.59. The molecule has 7 heteroatoms. The molecule has 0 aliphatic carbocycles. The van der Waals surface area contributed by atoms with Crippen molar-refractivity contribution in [3.05, 3.63) is 59.7 Å². The van der Waals surface area contributed by atoms with Gasteiger partial charge >= 0.3 is 12.0 Å². The van der Waals surface area contributed by atoms with Gasteiger partial charge in [-0.15, -0.1) is 0 Å². The molecule has 118 valence electrons. The van der Waals surface area contributed by atoms with E-state index in [1.165, 1.54) is 19.2 Å². The third-order valence-electron chi connectivity index (χ3n) is 2.99. The standard InChI is InChI=1S/C16H15N3O4/c1-23-15(21)11-4-8-13(9-5-11)19-16(22)18-12-6-2-10(3-7-12)14(17)20/h2-9H,1H3,(H2,17,20)(H2,18,19,22). The van der Waals surface area contributed by atoms with Gasteiger partial charge in [0.1, 0.15) is 0 Å². The summed E-state index contributed by atoms with van der Waals surface area (Å²) in [4.78, 5) is 34.1. The number of benzene rings is 2. The lowest BCUT2D eigenvalue weighted by molar-refractivity contribution is 0.0600. The predicted octanol–water partition coefficient (Wildman–Crippen LogP) is 2.22. The smallest absolute Gasteiger partial charge is 0.337 e. The Hall–Kier alpha value is -3.35. The molecule has 4 N–H and O–H groups in total. The summed E-state index contributed by atoms with van der Waals surface area (Å²) in [5.74, 6) is -0.984. The van der Waals surface area contributed by atoms with Gasteiger partial charge in [-0.3, -0.25) is 4.79 Å². The number of rotatable bonds is 4. The fraction of sp³-hybridized carbons (Fsp3) is 0.0625. The first kappa shape index (κ1) is 16.0. The molecule has 0 bridgehead atoms. The summed E-state index contributed by atoms with van der Waals surface area (Å²) in [5, 5.41) is 5.23. The fourth-order valence-corrected chi connectivity index (χ4v) is 1.82. The molecule has 0 aliphatic heterocycles. The average molecular weight is 313 g/mol. The summed E-state index contributed by atoms with van der Waals surface area (Å²) in [5.41, 5.74) is 6.91. The fourth-order valence-electron chi connectivity index (χ4n) is 1.82. The van der Waals surface area contributed by atoms with Crippen molar-refractivity contribution in [2.75, 3.05) is 17.7 Å². The minimum Gasteiger partial charge on any atom is -0.465 e. The van der Waals surface area contributed by atoms with Gasteiger partial charge < -0.3 is 21.1 Å². The number of nitrogens with two attached hydrogens (primary N) is 1. The largest absolute Gasteiger partial charge is 0.465 e. The number of amides is 3. The Morgan fingerprint density at radius 1 is 0.826 bits per heavy atom. The quantitative estimate of drug-likeness (QED) is 0.751. The molecule has 3 amide bonds. The van der Waals surface area contributed by atoms with Gasteiger partial charge in [0.05, 0.1) is 12.7 Å². The minimum atomic E-state index is -0.535. The number of anilines is 2. The highest BCUT2D eigenvalue weighted by molar-refractivity contribution is 6.00. The van der Waals surface area contributed by atoms with E-state index in [-0.39, 0.29) is 0 Å². The number of hydrogen-bond donors (Lipinski definition) is 3. The molecule has 0 heterocycles. The molecule has 2 rings (SSSR count). The number of esters is 1. The monoisotopic (exact) mass is 313 g/mol. The summed E-state index contributed by atoms with van der Waals surface area (Å²) in [6, 6.07) is 12.0. The maximum atomic E-state index is 11.9. The van der Waals surface area contributed by atoms with E-state index in [1.54, 1.807) is 36.4 Å². The summed E-state index contributed by atoms with van der Waals surface area (Å²) in [6.45, 7) is 0. The Morgan fingerprint density at radius 3 is 1.65 bits per heavy atom. The van der Waals surface area contributed by atoms with Crippen LogP contribution in [0.1, 0.15) is 20.7 Å². The van der Waals surface area contributed by atoms with Crippen molar-refractivity contribution in [2.45, 2.75) is 0 Å². The van der Waals surface area contributed by atoms with Crippen LogP contribution in [0.4, 0.5) is 16.2 Å². The van der Waals surface area contributed by atoms with Crippen molar-refractivity contribution in [1.82, 2.24) is 0 Å². The highest BCUT2D eigenvalue weighted by atomic mass is 16.5. The van der Waals surface area contributed by atoms with Gasteiger partial charge in [0.15, 0.2) is 0 Å². The first-order valence-corrected chi connectivity index (χ1v) is 6.66. The maximum absolute atomic E-state index is 11.9. The van der Waals surface area contributed by atoms with E-state index in [1.807, 2.05) is 0 Å². The van der Waals surface area contributed by atoms with E-state index in [2.05, 4.69) is 15.4 Å². The molecule has 0 aliphatic rings. The van der Waals surface area contributed by atoms with Crippen molar-refractivity contribution in [1.29, 1.82) is 0 Å². The van der Waals surface area contributed by atoms with E-state index < -0.39 is 17.9 Å². The van der Waals surface area contributed by atoms with E-state index >= 15 is 0 Å². The second kappa shape index (κ2) is 7.08. The van der Waals surface area contributed by atoms with Crippen LogP contribution < -0.4 is 16.4 Å². The van der Waals surface area contributed by atoms with Crippen molar-refractivity contribution >= 4 is 29.3 Å². The number of ether oxygens (including phenoxy) is 1. The number of carbonyl (C=O) groups is 3. The Balaban J connectivity index is 1.96. The maximum Gasteiger partial charge on any atom is 0.337 e. The van der Waals surface area contributed by atoms with E-state index in [0.29, 0.717) is 22.5 Å². The summed E-state index contributed by atoms with van der Waals surface area (Å²) < 4.78 is 4.59. The van der Waals surface area contributed by atoms with Gasteiger partial charge in [-0.25, -0.2) is 9.59 Å². The van der Waals surface area contributed by atoms with Crippen LogP contribution >= 0.6 is 0 Å². The van der Waals surface area contributed by atoms with Crippen molar-refractivity contribution in [2.24, 2.45) is 5.73 Å². The predicted molar refractivity (Wildman–Crippen MR) is 85.4 cm³/mol. The van der Waals surface area contributed by atoms with Gasteiger partial charge in [0.25, 0.3) is 0 Å². The molecule has 0 saturated carbocycles. The molecule has 0 radical (unpaired) electrons. The normalized spacial score (nSPS) is 9.78. The van der Waals surface area contributed by atoms with Crippen LogP contribution in [-0.2, 0) is 4.74 Å². The van der Waals surface area contributed by atoms with Crippen LogP contribution in [0.25, 0.3) is 0 Å². The highest BCUT2D eigenvalue weighted by Gasteiger charge is 2.07. The van der Waals surface area contributed by atoms with Crippen LogP contribution in [-0.4, -0.2) is 25.0 Å². The molecule has 0 aromatic heterocycles. The Morgan fingerprint density at radius 2 is 1.26 bits per heavy atom. The average Bonchev–Trinajstić information content (AvgIpc) is 2.55. The van der Waals surface area contributed by atoms with E-state index in [4.69, 9.17) is 5.73 Å².